The van der Waals surface area contributed by atoms with Crippen molar-refractivity contribution < 1.29 is 13.7 Å². The largest absolute Gasteiger partial charge is 0.365 e. The first kappa shape index (κ1) is 14.1. The van der Waals surface area contributed by atoms with E-state index in [2.05, 4.69) is 13.8 Å². The predicted octanol–water partition coefficient (Wildman–Crippen LogP) is 4.14. The molecule has 1 unspecified atom stereocenters. The molecule has 1 saturated carbocycles. The van der Waals surface area contributed by atoms with Crippen molar-refractivity contribution in [1.29, 1.82) is 0 Å². The summed E-state index contributed by atoms with van der Waals surface area (Å²) in [5.74, 6) is 0.157. The first-order valence-corrected chi connectivity index (χ1v) is 7.24. The van der Waals surface area contributed by atoms with Gasteiger partial charge in [0.15, 0.2) is 0 Å². The lowest BCUT2D eigenvalue weighted by Gasteiger charge is -2.20. The van der Waals surface area contributed by atoms with Crippen LogP contribution in [0.3, 0.4) is 0 Å². The van der Waals surface area contributed by atoms with Crippen LogP contribution in [0.5, 0.6) is 0 Å². The molecule has 4 heteroatoms. The van der Waals surface area contributed by atoms with Crippen molar-refractivity contribution in [1.82, 2.24) is 0 Å². The molecule has 1 N–H and O–H groups in total. The molecule has 0 spiro atoms. The molecule has 0 saturated heterocycles. The zero-order valence-electron chi connectivity index (χ0n) is 9.21. The van der Waals surface area contributed by atoms with Crippen molar-refractivity contribution in [3.8, 4) is 0 Å². The quantitative estimate of drug-likeness (QED) is 0.716. The normalized spacial score (nSPS) is 22.0. The maximum Gasteiger partial charge on any atom is 0.365 e. The summed E-state index contributed by atoms with van der Waals surface area (Å²) in [6, 6.07) is 0. The van der Waals surface area contributed by atoms with Gasteiger partial charge in [-0.2, -0.15) is 4.20 Å². The number of hydrogen-bond donors (Lipinski definition) is 1. The molecule has 0 aromatic heterocycles. The fourth-order valence-electron chi connectivity index (χ4n) is 1.69. The van der Waals surface area contributed by atoms with Gasteiger partial charge in [-0.3, -0.25) is 4.57 Å². The average molecular weight is 224 g/mol. The summed E-state index contributed by atoms with van der Waals surface area (Å²) in [7, 11) is -4.23. The molecule has 2 nitrogen and oxygen atoms in total. The van der Waals surface area contributed by atoms with Gasteiger partial charge in [0.05, 0.1) is 6.16 Å². The van der Waals surface area contributed by atoms with Gasteiger partial charge in [-0.25, -0.2) is 0 Å². The minimum absolute atomic E-state index is 0.118. The van der Waals surface area contributed by atoms with E-state index in [4.69, 9.17) is 4.89 Å². The molecule has 1 fully saturated rings. The van der Waals surface area contributed by atoms with Gasteiger partial charge < -0.3 is 4.89 Å². The number of rotatable bonds is 2. The molecule has 0 radical (unpaired) electrons. The summed E-state index contributed by atoms with van der Waals surface area (Å²) in [4.78, 5) is 8.46. The first-order chi connectivity index (χ1) is 6.49. The highest BCUT2D eigenvalue weighted by atomic mass is 31.2. The average Bonchev–Trinajstić information content (AvgIpc) is 2.04. The molecular weight excluding hydrogens is 202 g/mol. The third-order valence-corrected chi connectivity index (χ3v) is 3.17. The zero-order chi connectivity index (χ0) is 11.0. The molecule has 1 aliphatic carbocycles. The third-order valence-electron chi connectivity index (χ3n) is 2.21. The summed E-state index contributed by atoms with van der Waals surface area (Å²) >= 11 is 0. The highest BCUT2D eigenvalue weighted by Crippen LogP contribution is 2.46. The molecule has 0 bridgehead atoms. The van der Waals surface area contributed by atoms with Crippen LogP contribution in [-0.2, 0) is 4.57 Å². The van der Waals surface area contributed by atoms with E-state index >= 15 is 0 Å². The van der Waals surface area contributed by atoms with Gasteiger partial charge in [-0.05, 0) is 18.8 Å². The Balaban J connectivity index is 0.000000500. The van der Waals surface area contributed by atoms with E-state index in [1.807, 2.05) is 0 Å². The van der Waals surface area contributed by atoms with E-state index < -0.39 is 7.68 Å². The van der Waals surface area contributed by atoms with Crippen molar-refractivity contribution in [2.75, 3.05) is 6.16 Å². The Morgan fingerprint density at radius 2 is 1.71 bits per heavy atom. The smallest absolute Gasteiger partial charge is 0.321 e. The third kappa shape index (κ3) is 8.71. The van der Waals surface area contributed by atoms with Gasteiger partial charge in [0, 0.05) is 0 Å². The maximum atomic E-state index is 12.3. The van der Waals surface area contributed by atoms with Crippen LogP contribution < -0.4 is 0 Å². The second-order valence-electron chi connectivity index (χ2n) is 4.01. The minimum Gasteiger partial charge on any atom is -0.321 e. The summed E-state index contributed by atoms with van der Waals surface area (Å²) in [6.07, 6.45) is 6.35. The van der Waals surface area contributed by atoms with E-state index in [-0.39, 0.29) is 12.1 Å². The van der Waals surface area contributed by atoms with E-state index in [9.17, 15) is 8.76 Å². The number of halogens is 1. The summed E-state index contributed by atoms with van der Waals surface area (Å²) < 4.78 is 22.7. The summed E-state index contributed by atoms with van der Waals surface area (Å²) in [6.45, 7) is 4.25. The van der Waals surface area contributed by atoms with Crippen molar-refractivity contribution in [3.05, 3.63) is 0 Å². The lowest BCUT2D eigenvalue weighted by Crippen LogP contribution is -2.09. The van der Waals surface area contributed by atoms with E-state index in [1.165, 1.54) is 12.8 Å². The van der Waals surface area contributed by atoms with Crippen molar-refractivity contribution in [3.63, 3.8) is 0 Å². The topological polar surface area (TPSA) is 37.3 Å². The van der Waals surface area contributed by atoms with Gasteiger partial charge in [0.1, 0.15) is 0 Å². The number of hydrogen-bond acceptors (Lipinski definition) is 1. The minimum atomic E-state index is -4.23. The van der Waals surface area contributed by atoms with E-state index in [1.54, 1.807) is 0 Å². The molecule has 86 valence electrons. The van der Waals surface area contributed by atoms with Crippen LogP contribution in [-0.4, -0.2) is 11.1 Å². The van der Waals surface area contributed by atoms with Crippen molar-refractivity contribution in [2.45, 2.75) is 52.4 Å². The maximum absolute atomic E-state index is 12.3. The molecule has 0 amide bonds. The predicted molar refractivity (Wildman–Crippen MR) is 58.3 cm³/mol. The second kappa shape index (κ2) is 7.42. The molecule has 1 rings (SSSR count). The van der Waals surface area contributed by atoms with Crippen LogP contribution in [0.1, 0.15) is 52.4 Å². The van der Waals surface area contributed by atoms with Gasteiger partial charge >= 0.3 is 7.68 Å². The molecule has 1 aliphatic rings. The van der Waals surface area contributed by atoms with Crippen LogP contribution in [0, 0.1) is 5.92 Å². The SMILES string of the molecule is CCC.O=P(O)(F)CC1CCCCC1. The van der Waals surface area contributed by atoms with Crippen LogP contribution in [0.15, 0.2) is 0 Å². The van der Waals surface area contributed by atoms with E-state index in [0.717, 1.165) is 25.7 Å². The Morgan fingerprint density at radius 3 is 2.07 bits per heavy atom. The van der Waals surface area contributed by atoms with Gasteiger partial charge in [0.25, 0.3) is 0 Å². The fourth-order valence-corrected chi connectivity index (χ4v) is 2.69. The Hall–Kier alpha value is 0.120. The monoisotopic (exact) mass is 224 g/mol. The summed E-state index contributed by atoms with van der Waals surface area (Å²) in [5, 5.41) is 0. The van der Waals surface area contributed by atoms with Crippen molar-refractivity contribution in [2.24, 2.45) is 5.92 Å². The van der Waals surface area contributed by atoms with Crippen molar-refractivity contribution >= 4 is 7.68 Å². The Kier molecular flexibility index (Phi) is 7.48. The molecule has 1 atom stereocenters. The first-order valence-electron chi connectivity index (χ1n) is 5.51. The van der Waals surface area contributed by atoms with Gasteiger partial charge in [0.2, 0.25) is 0 Å². The molecule has 0 aromatic rings. The fraction of sp³-hybridized carbons (Fsp3) is 1.00. The molecule has 0 aromatic carbocycles. The highest BCUT2D eigenvalue weighted by Gasteiger charge is 2.24. The van der Waals surface area contributed by atoms with E-state index in [0.29, 0.717) is 0 Å². The lowest BCUT2D eigenvalue weighted by molar-refractivity contribution is 0.358. The van der Waals surface area contributed by atoms with Gasteiger partial charge in [-0.15, -0.1) is 0 Å². The Bertz CT molecular complexity index is 173. The molecule has 14 heavy (non-hydrogen) atoms. The Labute approximate surface area is 86.5 Å². The van der Waals surface area contributed by atoms with Crippen LogP contribution in [0.2, 0.25) is 0 Å². The van der Waals surface area contributed by atoms with Gasteiger partial charge in [-0.1, -0.05) is 39.5 Å². The molecular formula is C10H22FO2P. The van der Waals surface area contributed by atoms with Crippen LogP contribution in [0.25, 0.3) is 0 Å². The second-order valence-corrected chi connectivity index (χ2v) is 5.61. The van der Waals surface area contributed by atoms with Crippen LogP contribution in [0.4, 0.5) is 4.20 Å². The molecule has 0 heterocycles. The lowest BCUT2D eigenvalue weighted by atomic mass is 9.91. The standard InChI is InChI=1S/C7H14FO2P.C3H8/c8-11(9,10)6-7-4-2-1-3-5-7;1-3-2/h7H,1-6H2,(H,9,10);3H2,1-2H3. The highest BCUT2D eigenvalue weighted by molar-refractivity contribution is 7.52. The summed E-state index contributed by atoms with van der Waals surface area (Å²) in [5.41, 5.74) is 0. The zero-order valence-corrected chi connectivity index (χ0v) is 10.1. The van der Waals surface area contributed by atoms with Crippen LogP contribution >= 0.6 is 7.68 Å². The molecule has 0 aliphatic heterocycles. The Morgan fingerprint density at radius 1 is 1.29 bits per heavy atom.